The topological polar surface area (TPSA) is 25.8 Å². The van der Waals surface area contributed by atoms with Gasteiger partial charge < -0.3 is 9.97 Å². The zero-order valence-electron chi connectivity index (χ0n) is 22.1. The number of halogens is 1. The van der Waals surface area contributed by atoms with Crippen molar-refractivity contribution in [3.63, 3.8) is 0 Å². The molecule has 0 fully saturated rings. The van der Waals surface area contributed by atoms with Crippen LogP contribution in [0.4, 0.5) is 4.39 Å². The number of aryl methyl sites for hydroxylation is 2. The van der Waals surface area contributed by atoms with Gasteiger partial charge in [-0.25, -0.2) is 4.39 Å². The summed E-state index contributed by atoms with van der Waals surface area (Å²) in [7, 11) is 0. The molecule has 0 spiro atoms. The van der Waals surface area contributed by atoms with Gasteiger partial charge in [-0.05, 0) is 59.0 Å². The maximum Gasteiger partial charge on any atom is 0.126 e. The molecule has 5 aromatic rings. The molecule has 0 atom stereocenters. The molecular weight excluding hydrogens is 612 g/mol. The second-order valence-corrected chi connectivity index (χ2v) is 7.58. The van der Waals surface area contributed by atoms with Crippen LogP contribution < -0.4 is 0 Å². The van der Waals surface area contributed by atoms with E-state index in [0.717, 1.165) is 39.2 Å². The first kappa shape index (κ1) is 22.0. The van der Waals surface area contributed by atoms with Crippen LogP contribution in [0.25, 0.3) is 33.6 Å². The normalized spacial score (nSPS) is 11.7. The van der Waals surface area contributed by atoms with Crippen LogP contribution in [0.5, 0.6) is 0 Å². The van der Waals surface area contributed by atoms with Crippen molar-refractivity contribution in [1.29, 1.82) is 0 Å². The largest absolute Gasteiger partial charge is 0.304 e. The fourth-order valence-electron chi connectivity index (χ4n) is 3.41. The SMILES string of the molecule is CCc1cc(-c2ccc(-c3[c-]cccc3)nc2)ccc1F.[2H]C([2H])([2H])c1ccc(-c2[c-]cccc2)nc1.[Ir]. The summed E-state index contributed by atoms with van der Waals surface area (Å²) in [5.74, 6) is -0.148. The second kappa shape index (κ2) is 12.8. The van der Waals surface area contributed by atoms with E-state index in [1.807, 2.05) is 73.8 Å². The van der Waals surface area contributed by atoms with Gasteiger partial charge in [0.05, 0.1) is 0 Å². The molecule has 0 N–H and O–H groups in total. The molecule has 177 valence electrons. The summed E-state index contributed by atoms with van der Waals surface area (Å²) in [6, 6.07) is 33.9. The zero-order valence-corrected chi connectivity index (χ0v) is 21.5. The minimum absolute atomic E-state index is 0. The van der Waals surface area contributed by atoms with Gasteiger partial charge in [-0.15, -0.1) is 71.8 Å². The van der Waals surface area contributed by atoms with Crippen LogP contribution in [-0.2, 0) is 26.5 Å². The smallest absolute Gasteiger partial charge is 0.126 e. The van der Waals surface area contributed by atoms with E-state index in [1.54, 1.807) is 24.3 Å². The standard InChI is InChI=1S/C19H15FN.C12H10N.Ir/c1-2-14-12-16(8-10-18(14)20)17-9-11-19(21-13-17)15-6-4-3-5-7-15;1-10-7-8-12(13-9-10)11-5-3-2-4-6-11;/h3-6,8-13H,2H2,1H3;2-5,7-9H,1H3;/q2*-1;/i;1D3;. The third kappa shape index (κ3) is 7.02. The molecule has 0 aliphatic heterocycles. The van der Waals surface area contributed by atoms with E-state index in [-0.39, 0.29) is 31.5 Å². The quantitative estimate of drug-likeness (QED) is 0.188. The Morgan fingerprint density at radius 3 is 1.89 bits per heavy atom. The van der Waals surface area contributed by atoms with Crippen molar-refractivity contribution >= 4 is 0 Å². The first-order chi connectivity index (χ1) is 17.8. The van der Waals surface area contributed by atoms with E-state index < -0.39 is 6.85 Å². The average molecular weight is 640 g/mol. The van der Waals surface area contributed by atoms with E-state index in [9.17, 15) is 4.39 Å². The van der Waals surface area contributed by atoms with Crippen LogP contribution >= 0.6 is 0 Å². The van der Waals surface area contributed by atoms with Crippen LogP contribution in [0.2, 0.25) is 0 Å². The maximum absolute atomic E-state index is 13.6. The Morgan fingerprint density at radius 1 is 0.771 bits per heavy atom. The minimum Gasteiger partial charge on any atom is -0.304 e. The van der Waals surface area contributed by atoms with Crippen molar-refractivity contribution in [2.75, 3.05) is 0 Å². The van der Waals surface area contributed by atoms with Crippen molar-refractivity contribution in [3.05, 3.63) is 132 Å². The van der Waals surface area contributed by atoms with Crippen molar-refractivity contribution in [1.82, 2.24) is 9.97 Å². The number of hydrogen-bond donors (Lipinski definition) is 0. The van der Waals surface area contributed by atoms with Gasteiger partial charge in [0.2, 0.25) is 0 Å². The number of pyridine rings is 2. The van der Waals surface area contributed by atoms with Gasteiger partial charge in [-0.2, -0.15) is 0 Å². The molecule has 0 aliphatic rings. The molecule has 2 heterocycles. The van der Waals surface area contributed by atoms with Gasteiger partial charge in [0.1, 0.15) is 5.82 Å². The predicted molar refractivity (Wildman–Crippen MR) is 137 cm³/mol. The molecular formula is C31H25FIrN2-2. The van der Waals surface area contributed by atoms with E-state index in [4.69, 9.17) is 4.11 Å². The molecule has 0 saturated carbocycles. The summed E-state index contributed by atoms with van der Waals surface area (Å²) < 4.78 is 35.3. The molecule has 2 nitrogen and oxygen atoms in total. The maximum atomic E-state index is 13.6. The van der Waals surface area contributed by atoms with Gasteiger partial charge in [-0.1, -0.05) is 37.3 Å². The van der Waals surface area contributed by atoms with E-state index in [1.165, 1.54) is 12.3 Å². The molecule has 2 aromatic heterocycles. The predicted octanol–water partition coefficient (Wildman–Crippen LogP) is 7.77. The second-order valence-electron chi connectivity index (χ2n) is 7.58. The van der Waals surface area contributed by atoms with Crippen LogP contribution in [0.15, 0.2) is 103 Å². The third-order valence-electron chi connectivity index (χ3n) is 5.26. The van der Waals surface area contributed by atoms with E-state index >= 15 is 0 Å². The number of rotatable bonds is 4. The van der Waals surface area contributed by atoms with Gasteiger partial charge in [0, 0.05) is 36.6 Å². The Hall–Kier alpha value is -3.46. The van der Waals surface area contributed by atoms with Gasteiger partial charge >= 0.3 is 0 Å². The molecule has 0 aliphatic carbocycles. The van der Waals surface area contributed by atoms with Crippen LogP contribution in [0.1, 0.15) is 22.2 Å². The van der Waals surface area contributed by atoms with E-state index in [0.29, 0.717) is 6.42 Å². The monoisotopic (exact) mass is 640 g/mol. The van der Waals surface area contributed by atoms with E-state index in [2.05, 4.69) is 22.1 Å². The fourth-order valence-corrected chi connectivity index (χ4v) is 3.41. The van der Waals surface area contributed by atoms with Crippen LogP contribution in [0.3, 0.4) is 0 Å². The summed E-state index contributed by atoms with van der Waals surface area (Å²) >= 11 is 0. The first-order valence-electron chi connectivity index (χ1n) is 12.5. The molecule has 0 unspecified atom stereocenters. The molecule has 0 bridgehead atoms. The Labute approximate surface area is 224 Å². The van der Waals surface area contributed by atoms with Crippen LogP contribution in [0, 0.1) is 24.8 Å². The summed E-state index contributed by atoms with van der Waals surface area (Å²) in [4.78, 5) is 8.60. The molecule has 4 heteroatoms. The molecule has 0 saturated heterocycles. The van der Waals surface area contributed by atoms with Crippen molar-refractivity contribution < 1.29 is 28.6 Å². The van der Waals surface area contributed by atoms with Gasteiger partial charge in [0.15, 0.2) is 0 Å². The zero-order chi connectivity index (χ0) is 26.3. The number of nitrogens with zero attached hydrogens (tertiary/aromatic N) is 2. The third-order valence-corrected chi connectivity index (χ3v) is 5.26. The molecule has 1 radical (unpaired) electrons. The fraction of sp³-hybridized carbons (Fsp3) is 0.0968. The summed E-state index contributed by atoms with van der Waals surface area (Å²) in [6.07, 6.45) is 3.90. The summed E-state index contributed by atoms with van der Waals surface area (Å²) in [5, 5.41) is 0. The van der Waals surface area contributed by atoms with Crippen molar-refractivity contribution in [2.24, 2.45) is 0 Å². The number of aromatic nitrogens is 2. The summed E-state index contributed by atoms with van der Waals surface area (Å²) in [5.41, 5.74) is 6.41. The molecule has 3 aromatic carbocycles. The summed E-state index contributed by atoms with van der Waals surface area (Å²) in [6.45, 7) is -0.138. The Bertz CT molecular complexity index is 1420. The van der Waals surface area contributed by atoms with Crippen LogP contribution in [-0.4, -0.2) is 9.97 Å². The minimum atomic E-state index is -2.09. The number of hydrogen-bond acceptors (Lipinski definition) is 2. The molecule has 0 amide bonds. The molecule has 5 rings (SSSR count). The average Bonchev–Trinajstić information content (AvgIpc) is 2.94. The number of benzene rings is 3. The van der Waals surface area contributed by atoms with Gasteiger partial charge in [-0.3, -0.25) is 0 Å². The van der Waals surface area contributed by atoms with Crippen molar-refractivity contribution in [3.8, 4) is 33.6 Å². The van der Waals surface area contributed by atoms with Gasteiger partial charge in [0.25, 0.3) is 0 Å². The Kier molecular flexibility index (Phi) is 8.09. The van der Waals surface area contributed by atoms with Crippen molar-refractivity contribution in [2.45, 2.75) is 20.2 Å². The molecule has 35 heavy (non-hydrogen) atoms. The Morgan fingerprint density at radius 2 is 1.40 bits per heavy atom. The first-order valence-corrected chi connectivity index (χ1v) is 11.0. The Balaban J connectivity index is 0.000000213.